The fourth-order valence-corrected chi connectivity index (χ4v) is 5.74. The van der Waals surface area contributed by atoms with Crippen LogP contribution < -0.4 is 18.9 Å². The molecule has 0 saturated carbocycles. The van der Waals surface area contributed by atoms with Crippen molar-refractivity contribution in [1.82, 2.24) is 0 Å². The Hall–Kier alpha value is -6.54. The van der Waals surface area contributed by atoms with Crippen LogP contribution in [0.2, 0.25) is 0 Å². The van der Waals surface area contributed by atoms with Crippen molar-refractivity contribution in [3.63, 3.8) is 0 Å². The Labute approximate surface area is 315 Å². The predicted octanol–water partition coefficient (Wildman–Crippen LogP) is 9.55. The molecule has 54 heavy (non-hydrogen) atoms. The highest BCUT2D eigenvalue weighted by Crippen LogP contribution is 2.37. The minimum Gasteiger partial charge on any atom is -0.489 e. The molecule has 0 aliphatic heterocycles. The van der Waals surface area contributed by atoms with E-state index in [4.69, 9.17) is 28.4 Å². The molecule has 274 valence electrons. The molecule has 0 spiro atoms. The van der Waals surface area contributed by atoms with Crippen LogP contribution in [0, 0.1) is 0 Å². The third kappa shape index (κ3) is 9.46. The third-order valence-electron chi connectivity index (χ3n) is 8.51. The second kappa shape index (κ2) is 17.8. The molecule has 6 aromatic rings. The molecule has 0 aliphatic carbocycles. The Kier molecular flexibility index (Phi) is 12.3. The molecule has 0 amide bonds. The topological polar surface area (TPSA) is 89.5 Å². The van der Waals surface area contributed by atoms with Gasteiger partial charge in [0.15, 0.2) is 12.2 Å². The summed E-state index contributed by atoms with van der Waals surface area (Å²) in [7, 11) is 0. The van der Waals surface area contributed by atoms with Crippen LogP contribution in [-0.4, -0.2) is 50.6 Å². The molecular weight excluding hydrogens is 680 g/mol. The lowest BCUT2D eigenvalue weighted by atomic mass is 10.0. The van der Waals surface area contributed by atoms with Crippen molar-refractivity contribution in [3.8, 4) is 34.1 Å². The maximum absolute atomic E-state index is 12.6. The van der Waals surface area contributed by atoms with Crippen LogP contribution in [0.4, 0.5) is 0 Å². The number of para-hydroxylation sites is 2. The number of fused-ring (bicyclic) bond motifs is 2. The van der Waals surface area contributed by atoms with Gasteiger partial charge in [-0.05, 0) is 48.9 Å². The molecule has 0 saturated heterocycles. The molecule has 8 heteroatoms. The summed E-state index contributed by atoms with van der Waals surface area (Å²) in [6.07, 6.45) is -1.50. The van der Waals surface area contributed by atoms with E-state index in [0.717, 1.165) is 32.7 Å². The van der Waals surface area contributed by atoms with Crippen molar-refractivity contribution in [2.24, 2.45) is 0 Å². The first-order chi connectivity index (χ1) is 26.3. The second-order valence-corrected chi connectivity index (χ2v) is 12.8. The first-order valence-electron chi connectivity index (χ1n) is 17.6. The number of esters is 2. The number of ether oxygens (including phenoxy) is 6. The van der Waals surface area contributed by atoms with E-state index in [1.54, 1.807) is 13.8 Å². The number of hydrogen-bond acceptors (Lipinski definition) is 8. The summed E-state index contributed by atoms with van der Waals surface area (Å²) in [6.45, 7) is 10.8. The van der Waals surface area contributed by atoms with Gasteiger partial charge in [-0.2, -0.15) is 0 Å². The molecule has 0 aliphatic rings. The van der Waals surface area contributed by atoms with E-state index in [0.29, 0.717) is 23.0 Å². The lowest BCUT2D eigenvalue weighted by Gasteiger charge is -2.22. The molecule has 2 atom stereocenters. The van der Waals surface area contributed by atoms with Gasteiger partial charge in [-0.15, -0.1) is 0 Å². The van der Waals surface area contributed by atoms with Crippen LogP contribution in [-0.2, 0) is 19.1 Å². The average Bonchev–Trinajstić information content (AvgIpc) is 3.19. The van der Waals surface area contributed by atoms with Gasteiger partial charge in [0, 0.05) is 33.0 Å². The summed E-state index contributed by atoms with van der Waals surface area (Å²) >= 11 is 0. The van der Waals surface area contributed by atoms with E-state index < -0.39 is 24.1 Å². The SMILES string of the molecule is C=C(C)C(=O)OC(COc1ccccc1-c1ccccc1OCC(COc1cccc2ccccc12)OC(=O)C(=C)C)COc1cccc2ccccc12. The van der Waals surface area contributed by atoms with Crippen LogP contribution in [0.1, 0.15) is 13.8 Å². The number of hydrogen-bond donors (Lipinski definition) is 0. The van der Waals surface area contributed by atoms with Gasteiger partial charge < -0.3 is 28.4 Å². The van der Waals surface area contributed by atoms with Crippen molar-refractivity contribution in [3.05, 3.63) is 158 Å². The molecule has 6 rings (SSSR count). The maximum atomic E-state index is 12.6. The number of carbonyl (C=O) groups excluding carboxylic acids is 2. The Morgan fingerprint density at radius 1 is 0.444 bits per heavy atom. The van der Waals surface area contributed by atoms with E-state index in [1.807, 2.05) is 133 Å². The fourth-order valence-electron chi connectivity index (χ4n) is 5.74. The Morgan fingerprint density at radius 2 is 0.759 bits per heavy atom. The van der Waals surface area contributed by atoms with Gasteiger partial charge in [0.25, 0.3) is 0 Å². The van der Waals surface area contributed by atoms with E-state index in [2.05, 4.69) is 13.2 Å². The zero-order valence-electron chi connectivity index (χ0n) is 30.4. The van der Waals surface area contributed by atoms with Crippen LogP contribution in [0.25, 0.3) is 32.7 Å². The van der Waals surface area contributed by atoms with Gasteiger partial charge in [0.1, 0.15) is 49.4 Å². The monoisotopic (exact) mass is 722 g/mol. The Bertz CT molecular complexity index is 2100. The second-order valence-electron chi connectivity index (χ2n) is 12.8. The Balaban J connectivity index is 1.18. The molecule has 8 nitrogen and oxygen atoms in total. The highest BCUT2D eigenvalue weighted by atomic mass is 16.6. The van der Waals surface area contributed by atoms with Crippen molar-refractivity contribution in [1.29, 1.82) is 0 Å². The van der Waals surface area contributed by atoms with Crippen molar-refractivity contribution in [2.45, 2.75) is 26.1 Å². The first-order valence-corrected chi connectivity index (χ1v) is 17.6. The quantitative estimate of drug-likeness (QED) is 0.0680. The van der Waals surface area contributed by atoms with Gasteiger partial charge in [-0.3, -0.25) is 0 Å². The number of benzene rings is 6. The normalized spacial score (nSPS) is 12.0. The minimum atomic E-state index is -0.752. The molecular formula is C46H42O8. The van der Waals surface area contributed by atoms with Gasteiger partial charge in [0.05, 0.1) is 0 Å². The van der Waals surface area contributed by atoms with Gasteiger partial charge >= 0.3 is 11.9 Å². The van der Waals surface area contributed by atoms with Crippen molar-refractivity contribution >= 4 is 33.5 Å². The summed E-state index contributed by atoms with van der Waals surface area (Å²) in [5.41, 5.74) is 2.03. The number of carbonyl (C=O) groups is 2. The molecule has 0 fully saturated rings. The summed E-state index contributed by atoms with van der Waals surface area (Å²) in [4.78, 5) is 25.3. The molecule has 6 aromatic carbocycles. The first kappa shape index (κ1) is 37.2. The van der Waals surface area contributed by atoms with E-state index in [9.17, 15) is 9.59 Å². The van der Waals surface area contributed by atoms with Crippen LogP contribution in [0.15, 0.2) is 158 Å². The predicted molar refractivity (Wildman–Crippen MR) is 211 cm³/mol. The van der Waals surface area contributed by atoms with Gasteiger partial charge in [0.2, 0.25) is 0 Å². The standard InChI is InChI=1S/C46H42O8/c1-31(2)45(47)53-35(27-49-41-25-13-17-33-15-5-7-19-37(33)41)29-51-43-23-11-9-21-39(43)40-22-10-12-24-44(40)52-30-36(54-46(48)32(3)4)28-50-42-26-14-18-34-16-6-8-20-38(34)42/h5-26,35-36H,1,3,27-30H2,2,4H3. The minimum absolute atomic E-state index is 0.00820. The van der Waals surface area contributed by atoms with Crippen molar-refractivity contribution < 1.29 is 38.0 Å². The van der Waals surface area contributed by atoms with E-state index >= 15 is 0 Å². The molecule has 0 N–H and O–H groups in total. The highest BCUT2D eigenvalue weighted by Gasteiger charge is 2.22. The van der Waals surface area contributed by atoms with Gasteiger partial charge in [-0.1, -0.05) is 122 Å². The molecule has 0 radical (unpaired) electrons. The Morgan fingerprint density at radius 3 is 1.17 bits per heavy atom. The van der Waals surface area contributed by atoms with Gasteiger partial charge in [-0.25, -0.2) is 9.59 Å². The van der Waals surface area contributed by atoms with Crippen LogP contribution in [0.3, 0.4) is 0 Å². The van der Waals surface area contributed by atoms with Crippen molar-refractivity contribution in [2.75, 3.05) is 26.4 Å². The summed E-state index contributed by atoms with van der Waals surface area (Å²) < 4.78 is 36.6. The highest BCUT2D eigenvalue weighted by molar-refractivity contribution is 5.89. The van der Waals surface area contributed by atoms with Crippen LogP contribution >= 0.6 is 0 Å². The molecule has 0 heterocycles. The third-order valence-corrected chi connectivity index (χ3v) is 8.51. The maximum Gasteiger partial charge on any atom is 0.333 e. The summed E-state index contributed by atoms with van der Waals surface area (Å²) in [6, 6.07) is 42.5. The van der Waals surface area contributed by atoms with E-state index in [1.165, 1.54) is 0 Å². The zero-order chi connectivity index (χ0) is 37.9. The van der Waals surface area contributed by atoms with Crippen LogP contribution in [0.5, 0.6) is 23.0 Å². The fraction of sp³-hybridized carbons (Fsp3) is 0.174. The largest absolute Gasteiger partial charge is 0.489 e. The van der Waals surface area contributed by atoms with E-state index in [-0.39, 0.29) is 37.6 Å². The lowest BCUT2D eigenvalue weighted by Crippen LogP contribution is -2.31. The average molecular weight is 723 g/mol. The summed E-state index contributed by atoms with van der Waals surface area (Å²) in [5, 5.41) is 3.97. The zero-order valence-corrected chi connectivity index (χ0v) is 30.4. The lowest BCUT2D eigenvalue weighted by molar-refractivity contribution is -0.148. The molecule has 0 bridgehead atoms. The molecule has 0 aromatic heterocycles. The smallest absolute Gasteiger partial charge is 0.333 e. The summed E-state index contributed by atoms with van der Waals surface area (Å²) in [5.74, 6) is 1.35. The number of rotatable bonds is 17. The molecule has 2 unspecified atom stereocenters.